The zero-order valence-corrected chi connectivity index (χ0v) is 10.6. The smallest absolute Gasteiger partial charge is 0.233 e. The highest BCUT2D eigenvalue weighted by Crippen LogP contribution is 2.39. The fourth-order valence-electron chi connectivity index (χ4n) is 2.84. The number of nitrogens with two attached hydrogens (primary N) is 1. The summed E-state index contributed by atoms with van der Waals surface area (Å²) in [5.74, 6) is 0.611. The van der Waals surface area contributed by atoms with Crippen molar-refractivity contribution < 1.29 is 9.59 Å². The molecule has 2 fully saturated rings. The Labute approximate surface area is 111 Å². The quantitative estimate of drug-likeness (QED) is 0.709. The van der Waals surface area contributed by atoms with Crippen LogP contribution in [0.4, 0.5) is 11.5 Å². The van der Waals surface area contributed by atoms with Gasteiger partial charge in [0.2, 0.25) is 11.8 Å². The Morgan fingerprint density at radius 2 is 2.00 bits per heavy atom. The van der Waals surface area contributed by atoms with Crippen LogP contribution in [0, 0.1) is 5.41 Å². The summed E-state index contributed by atoms with van der Waals surface area (Å²) in [6.45, 7) is 1.47. The van der Waals surface area contributed by atoms with Gasteiger partial charge in [0.25, 0.3) is 0 Å². The molecule has 2 amide bonds. The van der Waals surface area contributed by atoms with Gasteiger partial charge in [0.1, 0.15) is 5.82 Å². The van der Waals surface area contributed by atoms with Gasteiger partial charge in [-0.1, -0.05) is 0 Å². The predicted molar refractivity (Wildman–Crippen MR) is 70.3 cm³/mol. The number of nitrogens with one attached hydrogen (secondary N) is 1. The van der Waals surface area contributed by atoms with Crippen molar-refractivity contribution in [3.63, 3.8) is 0 Å². The summed E-state index contributed by atoms with van der Waals surface area (Å²) in [5, 5.41) is 2.41. The van der Waals surface area contributed by atoms with Gasteiger partial charge in [-0.05, 0) is 25.0 Å². The number of aromatic nitrogens is 1. The predicted octanol–water partition coefficient (Wildman–Crippen LogP) is 0.297. The number of hydrogen-bond acceptors (Lipinski definition) is 5. The van der Waals surface area contributed by atoms with Gasteiger partial charge in [0, 0.05) is 19.5 Å². The first-order valence-corrected chi connectivity index (χ1v) is 6.40. The van der Waals surface area contributed by atoms with E-state index in [0.29, 0.717) is 24.9 Å². The number of carbonyl (C=O) groups is 2. The number of nitrogens with zero attached hydrogens (tertiary/aromatic N) is 2. The molecule has 100 valence electrons. The number of imide groups is 1. The van der Waals surface area contributed by atoms with Gasteiger partial charge in [-0.15, -0.1) is 0 Å². The lowest BCUT2D eigenvalue weighted by molar-refractivity contribution is -0.129. The van der Waals surface area contributed by atoms with E-state index in [1.165, 1.54) is 0 Å². The van der Waals surface area contributed by atoms with Crippen molar-refractivity contribution in [2.45, 2.75) is 19.3 Å². The van der Waals surface area contributed by atoms with Gasteiger partial charge < -0.3 is 10.6 Å². The lowest BCUT2D eigenvalue weighted by Crippen LogP contribution is -2.44. The molecule has 1 aromatic heterocycles. The molecular formula is C13H16N4O2. The van der Waals surface area contributed by atoms with Crippen molar-refractivity contribution in [2.24, 2.45) is 5.41 Å². The maximum Gasteiger partial charge on any atom is 0.233 e. The summed E-state index contributed by atoms with van der Waals surface area (Å²) < 4.78 is 0. The topological polar surface area (TPSA) is 88.3 Å². The maximum absolute atomic E-state index is 11.9. The van der Waals surface area contributed by atoms with Gasteiger partial charge in [0.15, 0.2) is 0 Å². The number of piperidine rings is 1. The van der Waals surface area contributed by atoms with Crippen molar-refractivity contribution >= 4 is 23.3 Å². The van der Waals surface area contributed by atoms with E-state index in [-0.39, 0.29) is 11.8 Å². The monoisotopic (exact) mass is 260 g/mol. The van der Waals surface area contributed by atoms with Crippen LogP contribution in [0.1, 0.15) is 19.3 Å². The molecule has 6 heteroatoms. The molecule has 1 aromatic rings. The molecule has 1 spiro atoms. The second-order valence-electron chi connectivity index (χ2n) is 5.27. The zero-order chi connectivity index (χ0) is 13.5. The standard InChI is InChI=1S/C13H16N4O2/c14-9-1-2-10(15-8-9)17-5-3-13(4-6-17)7-11(18)16-12(13)19/h1-2,8H,3-7,14H2,(H,16,18,19). The number of hydrogen-bond donors (Lipinski definition) is 2. The highest BCUT2D eigenvalue weighted by atomic mass is 16.2. The molecule has 0 atom stereocenters. The molecule has 2 aliphatic heterocycles. The summed E-state index contributed by atoms with van der Waals surface area (Å²) >= 11 is 0. The number of nitrogen functional groups attached to an aromatic ring is 1. The van der Waals surface area contributed by atoms with Crippen LogP contribution < -0.4 is 16.0 Å². The maximum atomic E-state index is 11.9. The highest BCUT2D eigenvalue weighted by molar-refractivity contribution is 6.06. The molecule has 0 unspecified atom stereocenters. The molecular weight excluding hydrogens is 244 g/mol. The van der Waals surface area contributed by atoms with Crippen molar-refractivity contribution in [1.29, 1.82) is 0 Å². The lowest BCUT2D eigenvalue weighted by atomic mass is 9.77. The van der Waals surface area contributed by atoms with Crippen molar-refractivity contribution in [3.8, 4) is 0 Å². The summed E-state index contributed by atoms with van der Waals surface area (Å²) in [6.07, 6.45) is 3.34. The van der Waals surface area contributed by atoms with Crippen LogP contribution in [0.5, 0.6) is 0 Å². The molecule has 19 heavy (non-hydrogen) atoms. The largest absolute Gasteiger partial charge is 0.397 e. The molecule has 0 bridgehead atoms. The van der Waals surface area contributed by atoms with Crippen LogP contribution in [0.25, 0.3) is 0 Å². The third-order valence-corrected chi connectivity index (χ3v) is 4.05. The number of rotatable bonds is 1. The van der Waals surface area contributed by atoms with E-state index in [1.807, 2.05) is 12.1 Å². The second kappa shape index (κ2) is 4.22. The number of anilines is 2. The molecule has 3 N–H and O–H groups in total. The Morgan fingerprint density at radius 1 is 1.26 bits per heavy atom. The third kappa shape index (κ3) is 2.03. The second-order valence-corrected chi connectivity index (χ2v) is 5.27. The molecule has 0 aliphatic carbocycles. The molecule has 0 radical (unpaired) electrons. The van der Waals surface area contributed by atoms with E-state index in [1.54, 1.807) is 6.20 Å². The van der Waals surface area contributed by atoms with Gasteiger partial charge in [-0.3, -0.25) is 14.9 Å². The Balaban J connectivity index is 1.71. The van der Waals surface area contributed by atoms with Crippen LogP contribution in [-0.2, 0) is 9.59 Å². The van der Waals surface area contributed by atoms with Gasteiger partial charge in [-0.25, -0.2) is 4.98 Å². The minimum atomic E-state index is -0.485. The molecule has 2 aliphatic rings. The third-order valence-electron chi connectivity index (χ3n) is 4.05. The van der Waals surface area contributed by atoms with E-state index in [0.717, 1.165) is 18.9 Å². The van der Waals surface area contributed by atoms with E-state index in [2.05, 4.69) is 15.2 Å². The molecule has 3 rings (SSSR count). The molecule has 3 heterocycles. The summed E-state index contributed by atoms with van der Waals surface area (Å²) in [5.41, 5.74) is 5.76. The molecule has 6 nitrogen and oxygen atoms in total. The van der Waals surface area contributed by atoms with Crippen LogP contribution in [0.15, 0.2) is 18.3 Å². The lowest BCUT2D eigenvalue weighted by Gasteiger charge is -2.37. The van der Waals surface area contributed by atoms with Crippen LogP contribution >= 0.6 is 0 Å². The number of carbonyl (C=O) groups excluding carboxylic acids is 2. The zero-order valence-electron chi connectivity index (χ0n) is 10.6. The Hall–Kier alpha value is -2.11. The molecule has 0 aromatic carbocycles. The first-order valence-electron chi connectivity index (χ1n) is 6.40. The average Bonchev–Trinajstić information content (AvgIpc) is 2.66. The highest BCUT2D eigenvalue weighted by Gasteiger charge is 2.48. The van der Waals surface area contributed by atoms with Gasteiger partial charge in [0.05, 0.1) is 17.3 Å². The van der Waals surface area contributed by atoms with Crippen molar-refractivity contribution in [1.82, 2.24) is 10.3 Å². The molecule has 2 saturated heterocycles. The molecule has 0 saturated carbocycles. The van der Waals surface area contributed by atoms with Crippen molar-refractivity contribution in [3.05, 3.63) is 18.3 Å². The summed E-state index contributed by atoms with van der Waals surface area (Å²) in [4.78, 5) is 29.6. The Morgan fingerprint density at radius 3 is 2.53 bits per heavy atom. The van der Waals surface area contributed by atoms with E-state index in [4.69, 9.17) is 5.73 Å². The summed E-state index contributed by atoms with van der Waals surface area (Å²) in [7, 11) is 0. The minimum absolute atomic E-state index is 0.109. The fraction of sp³-hybridized carbons (Fsp3) is 0.462. The van der Waals surface area contributed by atoms with Gasteiger partial charge in [-0.2, -0.15) is 0 Å². The fourth-order valence-corrected chi connectivity index (χ4v) is 2.84. The SMILES string of the molecule is Nc1ccc(N2CCC3(CC2)CC(=O)NC3=O)nc1. The number of amides is 2. The normalized spacial score (nSPS) is 21.8. The first-order chi connectivity index (χ1) is 9.09. The van der Waals surface area contributed by atoms with Crippen LogP contribution in [0.3, 0.4) is 0 Å². The average molecular weight is 260 g/mol. The van der Waals surface area contributed by atoms with Gasteiger partial charge >= 0.3 is 0 Å². The number of pyridine rings is 1. The summed E-state index contributed by atoms with van der Waals surface area (Å²) in [6, 6.07) is 3.70. The van der Waals surface area contributed by atoms with E-state index in [9.17, 15) is 9.59 Å². The first kappa shape index (κ1) is 12.0. The Kier molecular flexibility index (Phi) is 2.66. The van der Waals surface area contributed by atoms with Crippen molar-refractivity contribution in [2.75, 3.05) is 23.7 Å². The minimum Gasteiger partial charge on any atom is -0.397 e. The van der Waals surface area contributed by atoms with Crippen LogP contribution in [-0.4, -0.2) is 29.9 Å². The van der Waals surface area contributed by atoms with Crippen LogP contribution in [0.2, 0.25) is 0 Å². The Bertz CT molecular complexity index is 518. The van der Waals surface area contributed by atoms with E-state index < -0.39 is 5.41 Å². The van der Waals surface area contributed by atoms with E-state index >= 15 is 0 Å².